The number of amides is 2. The highest BCUT2D eigenvalue weighted by molar-refractivity contribution is 5.81. The minimum Gasteiger partial charge on any atom is -0.471 e. The molecule has 1 aromatic rings. The summed E-state index contributed by atoms with van der Waals surface area (Å²) in [5.74, 6) is 0.506. The van der Waals surface area contributed by atoms with E-state index in [9.17, 15) is 4.79 Å². The van der Waals surface area contributed by atoms with Crippen molar-refractivity contribution in [2.75, 3.05) is 6.54 Å². The van der Waals surface area contributed by atoms with E-state index in [2.05, 4.69) is 15.5 Å². The molecule has 6 nitrogen and oxygen atoms in total. The van der Waals surface area contributed by atoms with E-state index in [-0.39, 0.29) is 12.1 Å². The molecule has 1 N–H and O–H groups in total. The Morgan fingerprint density at radius 1 is 1.30 bits per heavy atom. The number of benzene rings is 1. The maximum absolute atomic E-state index is 11.6. The second-order valence-electron chi connectivity index (χ2n) is 4.86. The Kier molecular flexibility index (Phi) is 2.35. The van der Waals surface area contributed by atoms with Crippen LogP contribution in [0.1, 0.15) is 5.56 Å². The number of carbonyl (C=O) groups is 1. The number of hydrogen-bond donors (Lipinski definition) is 1. The van der Waals surface area contributed by atoms with Gasteiger partial charge < -0.3 is 10.1 Å². The molecule has 6 heteroatoms. The number of nitrogens with one attached hydrogen (secondary N) is 1. The molecule has 2 amide bonds. The first-order valence-electron chi connectivity index (χ1n) is 6.43. The lowest BCUT2D eigenvalue weighted by atomic mass is 10.0. The van der Waals surface area contributed by atoms with Gasteiger partial charge in [-0.05, 0) is 5.56 Å². The molecule has 20 heavy (non-hydrogen) atoms. The van der Waals surface area contributed by atoms with E-state index >= 15 is 0 Å². The summed E-state index contributed by atoms with van der Waals surface area (Å²) >= 11 is 0. The fourth-order valence-corrected chi connectivity index (χ4v) is 2.55. The third kappa shape index (κ3) is 1.69. The van der Waals surface area contributed by atoms with Gasteiger partial charge in [-0.1, -0.05) is 30.3 Å². The predicted octanol–water partition coefficient (Wildman–Crippen LogP) is 2.13. The summed E-state index contributed by atoms with van der Waals surface area (Å²) in [6.45, 7) is 1.05. The highest BCUT2D eigenvalue weighted by Crippen LogP contribution is 2.35. The molecule has 1 atom stereocenters. The zero-order chi connectivity index (χ0) is 13.5. The van der Waals surface area contributed by atoms with Gasteiger partial charge in [0.25, 0.3) is 0 Å². The molecule has 0 spiro atoms. The average molecular weight is 268 g/mol. The normalized spacial score (nSPS) is 22.8. The number of rotatable bonds is 3. The zero-order valence-corrected chi connectivity index (χ0v) is 10.6. The van der Waals surface area contributed by atoms with Crippen molar-refractivity contribution in [1.82, 2.24) is 10.2 Å². The van der Waals surface area contributed by atoms with Crippen molar-refractivity contribution in [2.24, 2.45) is 10.2 Å². The minimum atomic E-state index is -0.0954. The third-order valence-electron chi connectivity index (χ3n) is 3.54. The van der Waals surface area contributed by atoms with Gasteiger partial charge in [-0.25, -0.2) is 4.79 Å². The Hall–Kier alpha value is -2.63. The van der Waals surface area contributed by atoms with Crippen molar-refractivity contribution in [3.05, 3.63) is 59.2 Å². The first-order valence-corrected chi connectivity index (χ1v) is 6.43. The topological polar surface area (TPSA) is 66.3 Å². The molecule has 0 aliphatic carbocycles. The summed E-state index contributed by atoms with van der Waals surface area (Å²) in [6, 6.07) is 9.71. The van der Waals surface area contributed by atoms with Crippen LogP contribution in [-0.4, -0.2) is 23.5 Å². The standard InChI is InChI=1S/C14H12N4O2/c19-14-15-10-6-18(14)7-11-12(10)13(17-16-11)20-8-9-4-2-1-3-5-9/h1-5,7,10H,6,8H2,(H,15,19). The van der Waals surface area contributed by atoms with Gasteiger partial charge in [0.1, 0.15) is 12.3 Å². The zero-order valence-electron chi connectivity index (χ0n) is 10.6. The lowest BCUT2D eigenvalue weighted by Gasteiger charge is -2.18. The Bertz CT molecular complexity index is 663. The number of carbonyl (C=O) groups excluding carboxylic acids is 1. The summed E-state index contributed by atoms with van der Waals surface area (Å²) in [5.41, 5.74) is 2.66. The van der Waals surface area contributed by atoms with Crippen LogP contribution in [-0.2, 0) is 11.3 Å². The van der Waals surface area contributed by atoms with Crippen LogP contribution >= 0.6 is 0 Å². The Balaban J connectivity index is 1.58. The van der Waals surface area contributed by atoms with E-state index in [4.69, 9.17) is 4.74 Å². The lowest BCUT2D eigenvalue weighted by molar-refractivity contribution is 0.192. The third-order valence-corrected chi connectivity index (χ3v) is 3.54. The number of hydrogen-bond acceptors (Lipinski definition) is 4. The molecule has 0 aromatic heterocycles. The van der Waals surface area contributed by atoms with E-state index in [1.807, 2.05) is 30.3 Å². The van der Waals surface area contributed by atoms with Crippen LogP contribution in [0.2, 0.25) is 0 Å². The van der Waals surface area contributed by atoms with Gasteiger partial charge in [0.05, 0.1) is 18.2 Å². The molecule has 4 rings (SSSR count). The molecule has 3 aliphatic rings. The van der Waals surface area contributed by atoms with Gasteiger partial charge in [0.2, 0.25) is 5.88 Å². The highest BCUT2D eigenvalue weighted by atomic mass is 16.5. The van der Waals surface area contributed by atoms with Crippen LogP contribution in [0.15, 0.2) is 63.9 Å². The predicted molar refractivity (Wildman–Crippen MR) is 70.2 cm³/mol. The van der Waals surface area contributed by atoms with Gasteiger partial charge >= 0.3 is 6.03 Å². The molecule has 3 heterocycles. The van der Waals surface area contributed by atoms with Gasteiger partial charge in [-0.15, -0.1) is 10.2 Å². The Morgan fingerprint density at radius 3 is 3.00 bits per heavy atom. The van der Waals surface area contributed by atoms with Crippen molar-refractivity contribution in [3.63, 3.8) is 0 Å². The molecule has 2 bridgehead atoms. The summed E-state index contributed by atoms with van der Waals surface area (Å²) < 4.78 is 5.75. The van der Waals surface area contributed by atoms with Crippen molar-refractivity contribution in [1.29, 1.82) is 0 Å². The number of nitrogens with zero attached hydrogens (tertiary/aromatic N) is 3. The van der Waals surface area contributed by atoms with Gasteiger partial charge in [-0.2, -0.15) is 0 Å². The molecule has 1 aromatic carbocycles. The number of azo groups is 1. The van der Waals surface area contributed by atoms with Gasteiger partial charge in [-0.3, -0.25) is 4.90 Å². The molecule has 0 saturated carbocycles. The smallest absolute Gasteiger partial charge is 0.322 e. The summed E-state index contributed by atoms with van der Waals surface area (Å²) in [6.07, 6.45) is 1.72. The van der Waals surface area contributed by atoms with Crippen molar-refractivity contribution in [3.8, 4) is 0 Å². The van der Waals surface area contributed by atoms with Crippen molar-refractivity contribution >= 4 is 6.03 Å². The van der Waals surface area contributed by atoms with Crippen LogP contribution in [0.3, 0.4) is 0 Å². The van der Waals surface area contributed by atoms with Gasteiger partial charge in [0.15, 0.2) is 0 Å². The quantitative estimate of drug-likeness (QED) is 0.912. The van der Waals surface area contributed by atoms with Crippen molar-refractivity contribution in [2.45, 2.75) is 12.6 Å². The SMILES string of the molecule is O=C1NC2CN1C=C1N=NC(OCc3ccccc3)=C12. The fraction of sp³-hybridized carbons (Fsp3) is 0.214. The summed E-state index contributed by atoms with van der Waals surface area (Å²) in [7, 11) is 0. The molecule has 100 valence electrons. The lowest BCUT2D eigenvalue weighted by Crippen LogP contribution is -2.29. The largest absolute Gasteiger partial charge is 0.471 e. The van der Waals surface area contributed by atoms with E-state index in [0.29, 0.717) is 24.7 Å². The van der Waals surface area contributed by atoms with Gasteiger partial charge in [0, 0.05) is 6.20 Å². The van der Waals surface area contributed by atoms with E-state index in [1.54, 1.807) is 11.1 Å². The fourth-order valence-electron chi connectivity index (χ4n) is 2.55. The highest BCUT2D eigenvalue weighted by Gasteiger charge is 2.40. The molecule has 0 radical (unpaired) electrons. The maximum Gasteiger partial charge on any atom is 0.322 e. The molecule has 1 fully saturated rings. The average Bonchev–Trinajstić information content (AvgIpc) is 3.01. The molecule has 1 unspecified atom stereocenters. The van der Waals surface area contributed by atoms with Crippen LogP contribution in [0.25, 0.3) is 0 Å². The number of ether oxygens (including phenoxy) is 1. The number of urea groups is 1. The second-order valence-corrected chi connectivity index (χ2v) is 4.86. The van der Waals surface area contributed by atoms with Crippen LogP contribution < -0.4 is 5.32 Å². The summed E-state index contributed by atoms with van der Waals surface area (Å²) in [5, 5.41) is 11.0. The van der Waals surface area contributed by atoms with Crippen LogP contribution in [0, 0.1) is 0 Å². The Morgan fingerprint density at radius 2 is 2.15 bits per heavy atom. The molecular weight excluding hydrogens is 256 g/mol. The van der Waals surface area contributed by atoms with E-state index in [1.165, 1.54) is 0 Å². The van der Waals surface area contributed by atoms with E-state index in [0.717, 1.165) is 11.1 Å². The summed E-state index contributed by atoms with van der Waals surface area (Å²) in [4.78, 5) is 13.2. The number of fused-ring (bicyclic) bond motifs is 4. The maximum atomic E-state index is 11.6. The first kappa shape index (κ1) is 11.2. The second kappa shape index (κ2) is 4.19. The van der Waals surface area contributed by atoms with Crippen LogP contribution in [0.4, 0.5) is 4.79 Å². The van der Waals surface area contributed by atoms with Crippen LogP contribution in [0.5, 0.6) is 0 Å². The Labute approximate surface area is 115 Å². The monoisotopic (exact) mass is 268 g/mol. The molecule has 3 aliphatic heterocycles. The minimum absolute atomic E-state index is 0.0803. The molecular formula is C14H12N4O2. The van der Waals surface area contributed by atoms with E-state index < -0.39 is 0 Å². The van der Waals surface area contributed by atoms with Crippen molar-refractivity contribution < 1.29 is 9.53 Å². The molecule has 1 saturated heterocycles. The first-order chi connectivity index (χ1) is 9.81.